The summed E-state index contributed by atoms with van der Waals surface area (Å²) in [5, 5.41) is 9.93. The Labute approximate surface area is 126 Å². The lowest BCUT2D eigenvalue weighted by atomic mass is 10.2. The summed E-state index contributed by atoms with van der Waals surface area (Å²) in [4.78, 5) is 31.1. The molecule has 0 saturated carbocycles. The number of nitrogens with zero attached hydrogens (tertiary/aromatic N) is 3. The normalized spacial score (nSPS) is 11.2. The van der Waals surface area contributed by atoms with Crippen molar-refractivity contribution in [3.8, 4) is 17.1 Å². The predicted octanol–water partition coefficient (Wildman–Crippen LogP) is 1.10. The van der Waals surface area contributed by atoms with Crippen LogP contribution in [0.1, 0.15) is 0 Å². The van der Waals surface area contributed by atoms with Crippen LogP contribution in [0.4, 0.5) is 0 Å². The summed E-state index contributed by atoms with van der Waals surface area (Å²) >= 11 is 3.32. The Hall–Kier alpha value is -2.35. The van der Waals surface area contributed by atoms with E-state index in [4.69, 9.17) is 0 Å². The van der Waals surface area contributed by atoms with Crippen molar-refractivity contribution in [2.75, 3.05) is 0 Å². The third-order valence-electron chi connectivity index (χ3n) is 3.31. The molecule has 0 aliphatic carbocycles. The van der Waals surface area contributed by atoms with Crippen molar-refractivity contribution >= 4 is 27.1 Å². The van der Waals surface area contributed by atoms with Gasteiger partial charge in [-0.2, -0.15) is 0 Å². The third-order valence-corrected chi connectivity index (χ3v) is 3.80. The van der Waals surface area contributed by atoms with Gasteiger partial charge in [0.2, 0.25) is 0 Å². The van der Waals surface area contributed by atoms with Crippen molar-refractivity contribution in [1.82, 2.24) is 19.1 Å². The summed E-state index contributed by atoms with van der Waals surface area (Å²) in [5.41, 5.74) is -0.00752. The minimum Gasteiger partial charge on any atom is -0.507 e. The molecular formula is C13H11BrN4O3. The Balaban J connectivity index is 2.40. The second-order valence-electron chi connectivity index (χ2n) is 4.65. The van der Waals surface area contributed by atoms with Gasteiger partial charge >= 0.3 is 5.69 Å². The first-order chi connectivity index (χ1) is 9.90. The van der Waals surface area contributed by atoms with Crippen LogP contribution in [0.3, 0.4) is 0 Å². The monoisotopic (exact) mass is 350 g/mol. The molecule has 3 aromatic rings. The zero-order valence-corrected chi connectivity index (χ0v) is 12.8. The van der Waals surface area contributed by atoms with Crippen molar-refractivity contribution in [2.45, 2.75) is 0 Å². The number of hydrogen-bond donors (Lipinski definition) is 2. The highest BCUT2D eigenvalue weighted by molar-refractivity contribution is 9.10. The van der Waals surface area contributed by atoms with E-state index < -0.39 is 11.2 Å². The van der Waals surface area contributed by atoms with Crippen LogP contribution in [-0.4, -0.2) is 24.2 Å². The second-order valence-corrected chi connectivity index (χ2v) is 5.57. The number of aromatic nitrogens is 4. The first kappa shape index (κ1) is 13.6. The van der Waals surface area contributed by atoms with Gasteiger partial charge in [-0.3, -0.25) is 13.9 Å². The molecule has 2 heterocycles. The molecule has 108 valence electrons. The predicted molar refractivity (Wildman–Crippen MR) is 81.4 cm³/mol. The molecule has 0 radical (unpaired) electrons. The molecule has 2 N–H and O–H groups in total. The minimum absolute atomic E-state index is 0.0269. The van der Waals surface area contributed by atoms with E-state index in [-0.39, 0.29) is 16.9 Å². The summed E-state index contributed by atoms with van der Waals surface area (Å²) in [6.07, 6.45) is 0. The third kappa shape index (κ3) is 1.99. The van der Waals surface area contributed by atoms with Gasteiger partial charge in [-0.05, 0) is 18.2 Å². The van der Waals surface area contributed by atoms with Crippen LogP contribution in [0.25, 0.3) is 22.6 Å². The number of hydrogen-bond acceptors (Lipinski definition) is 4. The fourth-order valence-electron chi connectivity index (χ4n) is 2.15. The van der Waals surface area contributed by atoms with Gasteiger partial charge in [-0.15, -0.1) is 0 Å². The first-order valence-electron chi connectivity index (χ1n) is 6.04. The molecule has 0 atom stereocenters. The molecule has 0 amide bonds. The highest BCUT2D eigenvalue weighted by atomic mass is 79.9. The average Bonchev–Trinajstić information content (AvgIpc) is 2.90. The summed E-state index contributed by atoms with van der Waals surface area (Å²) in [6.45, 7) is 0. The molecule has 7 nitrogen and oxygen atoms in total. The number of halogens is 1. The van der Waals surface area contributed by atoms with Crippen molar-refractivity contribution in [3.63, 3.8) is 0 Å². The van der Waals surface area contributed by atoms with Crippen LogP contribution in [0.2, 0.25) is 0 Å². The molecule has 0 saturated heterocycles. The number of phenolic OH excluding ortho intramolecular Hbond substituents is 1. The van der Waals surface area contributed by atoms with Crippen LogP contribution >= 0.6 is 15.9 Å². The highest BCUT2D eigenvalue weighted by Gasteiger charge is 2.16. The number of benzene rings is 1. The van der Waals surface area contributed by atoms with E-state index in [0.717, 1.165) is 9.04 Å². The lowest BCUT2D eigenvalue weighted by molar-refractivity contribution is 0.477. The van der Waals surface area contributed by atoms with Crippen molar-refractivity contribution in [2.24, 2.45) is 14.1 Å². The van der Waals surface area contributed by atoms with Crippen LogP contribution in [-0.2, 0) is 14.1 Å². The number of aryl methyl sites for hydroxylation is 1. The minimum atomic E-state index is -0.457. The topological polar surface area (TPSA) is 92.9 Å². The maximum atomic E-state index is 12.1. The van der Waals surface area contributed by atoms with Crippen LogP contribution < -0.4 is 11.2 Å². The molecule has 1 aromatic carbocycles. The maximum Gasteiger partial charge on any atom is 0.332 e. The SMILES string of the molecule is Cn1c(=O)c2[nH]c(-c3cc(Br)ccc3O)nc2n(C)c1=O. The van der Waals surface area contributed by atoms with Gasteiger partial charge in [-0.1, -0.05) is 15.9 Å². The van der Waals surface area contributed by atoms with Crippen molar-refractivity contribution in [3.05, 3.63) is 43.5 Å². The van der Waals surface area contributed by atoms with E-state index >= 15 is 0 Å². The Kier molecular flexibility index (Phi) is 2.98. The van der Waals surface area contributed by atoms with Gasteiger partial charge in [0, 0.05) is 18.6 Å². The smallest absolute Gasteiger partial charge is 0.332 e. The Morgan fingerprint density at radius 3 is 2.67 bits per heavy atom. The maximum absolute atomic E-state index is 12.1. The zero-order chi connectivity index (χ0) is 15.3. The van der Waals surface area contributed by atoms with Gasteiger partial charge in [-0.25, -0.2) is 9.78 Å². The lowest BCUT2D eigenvalue weighted by Crippen LogP contribution is -2.36. The van der Waals surface area contributed by atoms with E-state index in [1.807, 2.05) is 0 Å². The number of H-pyrrole nitrogens is 1. The summed E-state index contributed by atoms with van der Waals surface area (Å²) in [5.74, 6) is 0.348. The number of aromatic hydroxyl groups is 1. The largest absolute Gasteiger partial charge is 0.507 e. The van der Waals surface area contributed by atoms with Gasteiger partial charge in [0.05, 0.1) is 5.56 Å². The van der Waals surface area contributed by atoms with Gasteiger partial charge in [0.25, 0.3) is 5.56 Å². The second kappa shape index (κ2) is 4.59. The number of nitrogens with one attached hydrogen (secondary N) is 1. The molecule has 8 heteroatoms. The van der Waals surface area contributed by atoms with Crippen molar-refractivity contribution < 1.29 is 5.11 Å². The molecular weight excluding hydrogens is 340 g/mol. The standard InChI is InChI=1S/C13H11BrN4O3/c1-17-11-9(12(20)18(2)13(17)21)15-10(16-11)7-5-6(14)3-4-8(7)19/h3-5,19H,1-2H3,(H,15,16). The Bertz CT molecular complexity index is 983. The fraction of sp³-hybridized carbons (Fsp3) is 0.154. The molecule has 21 heavy (non-hydrogen) atoms. The average molecular weight is 351 g/mol. The molecule has 0 aliphatic heterocycles. The number of rotatable bonds is 1. The van der Waals surface area contributed by atoms with E-state index in [1.54, 1.807) is 12.1 Å². The van der Waals surface area contributed by atoms with Crippen LogP contribution in [0.5, 0.6) is 5.75 Å². The van der Waals surface area contributed by atoms with E-state index in [0.29, 0.717) is 11.4 Å². The first-order valence-corrected chi connectivity index (χ1v) is 6.84. The summed E-state index contributed by atoms with van der Waals surface area (Å²) in [6, 6.07) is 4.88. The van der Waals surface area contributed by atoms with Crippen LogP contribution in [0, 0.1) is 0 Å². The molecule has 3 rings (SSSR count). The molecule has 0 unspecified atom stereocenters. The molecule has 2 aromatic heterocycles. The fourth-order valence-corrected chi connectivity index (χ4v) is 2.51. The van der Waals surface area contributed by atoms with Gasteiger partial charge < -0.3 is 10.1 Å². The Morgan fingerprint density at radius 1 is 1.24 bits per heavy atom. The molecule has 0 spiro atoms. The van der Waals surface area contributed by atoms with Gasteiger partial charge in [0.15, 0.2) is 5.65 Å². The molecule has 0 bridgehead atoms. The summed E-state index contributed by atoms with van der Waals surface area (Å²) < 4.78 is 3.05. The number of imidazole rings is 1. The molecule has 0 aliphatic rings. The van der Waals surface area contributed by atoms with Crippen molar-refractivity contribution in [1.29, 1.82) is 0 Å². The van der Waals surface area contributed by atoms with Gasteiger partial charge in [0.1, 0.15) is 17.1 Å². The summed E-state index contributed by atoms with van der Waals surface area (Å²) in [7, 11) is 2.94. The number of fused-ring (bicyclic) bond motifs is 1. The number of aromatic amines is 1. The molecule has 0 fully saturated rings. The number of phenols is 1. The lowest BCUT2D eigenvalue weighted by Gasteiger charge is -2.01. The van der Waals surface area contributed by atoms with E-state index in [1.165, 1.54) is 24.7 Å². The van der Waals surface area contributed by atoms with Crippen LogP contribution in [0.15, 0.2) is 32.3 Å². The van der Waals surface area contributed by atoms with E-state index in [9.17, 15) is 14.7 Å². The quantitative estimate of drug-likeness (QED) is 0.687. The Morgan fingerprint density at radius 2 is 1.95 bits per heavy atom. The van der Waals surface area contributed by atoms with E-state index in [2.05, 4.69) is 25.9 Å². The zero-order valence-electron chi connectivity index (χ0n) is 11.2. The highest BCUT2D eigenvalue weighted by Crippen LogP contribution is 2.30.